The molecule has 3 heterocycles. The predicted octanol–water partition coefficient (Wildman–Crippen LogP) is 3.96. The van der Waals surface area contributed by atoms with E-state index in [9.17, 15) is 4.79 Å². The molecule has 4 aromatic rings. The lowest BCUT2D eigenvalue weighted by molar-refractivity contribution is 0.366. The van der Waals surface area contributed by atoms with Crippen molar-refractivity contribution >= 4 is 28.3 Å². The van der Waals surface area contributed by atoms with E-state index < -0.39 is 0 Å². The van der Waals surface area contributed by atoms with Gasteiger partial charge in [-0.05, 0) is 39.7 Å². The number of nitrogens with one attached hydrogen (secondary N) is 2. The number of hydrogen-bond acceptors (Lipinski definition) is 6. The van der Waals surface area contributed by atoms with Crippen LogP contribution in [0.1, 0.15) is 31.3 Å². The Morgan fingerprint density at radius 1 is 1.17 bits per heavy atom. The van der Waals surface area contributed by atoms with Gasteiger partial charge in [-0.15, -0.1) is 11.3 Å². The molecular formula is C21H24N6OS. The zero-order valence-corrected chi connectivity index (χ0v) is 17.8. The van der Waals surface area contributed by atoms with E-state index in [1.54, 1.807) is 22.2 Å². The Hall–Kier alpha value is -3.00. The molecule has 0 spiro atoms. The van der Waals surface area contributed by atoms with Gasteiger partial charge in [-0.25, -0.2) is 9.67 Å². The summed E-state index contributed by atoms with van der Waals surface area (Å²) in [5.41, 5.74) is 3.50. The lowest BCUT2D eigenvalue weighted by Gasteiger charge is -2.19. The monoisotopic (exact) mass is 408 g/mol. The molecule has 0 radical (unpaired) electrons. The van der Waals surface area contributed by atoms with E-state index in [1.165, 1.54) is 5.56 Å². The van der Waals surface area contributed by atoms with Crippen molar-refractivity contribution < 1.29 is 0 Å². The number of thiazole rings is 1. The first-order valence-electron chi connectivity index (χ1n) is 9.55. The van der Waals surface area contributed by atoms with Crippen LogP contribution in [-0.2, 0) is 12.0 Å². The summed E-state index contributed by atoms with van der Waals surface area (Å²) in [4.78, 5) is 24.2. The van der Waals surface area contributed by atoms with Crippen LogP contribution < -0.4 is 10.9 Å². The fourth-order valence-electron chi connectivity index (χ4n) is 3.16. The van der Waals surface area contributed by atoms with Crippen molar-refractivity contribution in [2.24, 2.45) is 0 Å². The highest BCUT2D eigenvalue weighted by atomic mass is 32.1. The number of aromatic amines is 1. The number of aromatic nitrogens is 5. The average Bonchev–Trinajstić information content (AvgIpc) is 3.29. The molecule has 0 amide bonds. The lowest BCUT2D eigenvalue weighted by Crippen LogP contribution is -2.24. The molecule has 8 heteroatoms. The minimum absolute atomic E-state index is 0.184. The summed E-state index contributed by atoms with van der Waals surface area (Å²) in [5, 5.41) is 11.2. The highest BCUT2D eigenvalue weighted by Gasteiger charge is 2.19. The Morgan fingerprint density at radius 3 is 2.59 bits per heavy atom. The number of benzene rings is 1. The second-order valence-corrected chi connectivity index (χ2v) is 9.07. The molecule has 2 N–H and O–H groups in total. The third kappa shape index (κ3) is 4.07. The highest BCUT2D eigenvalue weighted by molar-refractivity contribution is 7.09. The van der Waals surface area contributed by atoms with Crippen LogP contribution in [0.4, 0.5) is 5.95 Å². The van der Waals surface area contributed by atoms with Crippen LogP contribution in [0, 0.1) is 6.92 Å². The Kier molecular flexibility index (Phi) is 4.96. The maximum absolute atomic E-state index is 12.4. The van der Waals surface area contributed by atoms with Gasteiger partial charge in [0.2, 0.25) is 5.95 Å². The molecule has 1 aromatic carbocycles. The fraction of sp³-hybridized carbons (Fsp3) is 0.333. The maximum Gasteiger partial charge on any atom is 0.263 e. The first-order valence-corrected chi connectivity index (χ1v) is 10.4. The van der Waals surface area contributed by atoms with Crippen LogP contribution in [-0.4, -0.2) is 31.3 Å². The van der Waals surface area contributed by atoms with Crippen LogP contribution in [0.15, 0.2) is 40.6 Å². The van der Waals surface area contributed by atoms with Gasteiger partial charge in [-0.2, -0.15) is 10.1 Å². The zero-order chi connectivity index (χ0) is 20.6. The quantitative estimate of drug-likeness (QED) is 0.522. The molecule has 0 bridgehead atoms. The Balaban J connectivity index is 1.45. The van der Waals surface area contributed by atoms with E-state index in [0.29, 0.717) is 23.5 Å². The molecule has 0 aliphatic carbocycles. The molecule has 4 rings (SSSR count). The van der Waals surface area contributed by atoms with E-state index in [0.717, 1.165) is 22.7 Å². The van der Waals surface area contributed by atoms with E-state index >= 15 is 0 Å². The Bertz CT molecular complexity index is 1200. The van der Waals surface area contributed by atoms with Crippen LogP contribution in [0.3, 0.4) is 0 Å². The summed E-state index contributed by atoms with van der Waals surface area (Å²) < 4.78 is 1.78. The highest BCUT2D eigenvalue weighted by Crippen LogP contribution is 2.22. The molecule has 7 nitrogen and oxygen atoms in total. The second-order valence-electron chi connectivity index (χ2n) is 8.00. The van der Waals surface area contributed by atoms with Gasteiger partial charge in [0.15, 0.2) is 5.65 Å². The summed E-state index contributed by atoms with van der Waals surface area (Å²) in [6.07, 6.45) is 2.39. The van der Waals surface area contributed by atoms with Crippen molar-refractivity contribution in [3.8, 4) is 11.3 Å². The number of nitrogens with zero attached hydrogens (tertiary/aromatic N) is 4. The molecule has 0 saturated heterocycles. The van der Waals surface area contributed by atoms with Crippen molar-refractivity contribution in [2.45, 2.75) is 39.7 Å². The van der Waals surface area contributed by atoms with Crippen molar-refractivity contribution in [3.05, 3.63) is 56.8 Å². The van der Waals surface area contributed by atoms with Crippen LogP contribution in [0.5, 0.6) is 0 Å². The largest absolute Gasteiger partial charge is 0.355 e. The topological polar surface area (TPSA) is 88.5 Å². The van der Waals surface area contributed by atoms with Crippen LogP contribution in [0.2, 0.25) is 0 Å². The molecule has 150 valence electrons. The van der Waals surface area contributed by atoms with Crippen molar-refractivity contribution in [3.63, 3.8) is 0 Å². The Labute approximate surface area is 172 Å². The van der Waals surface area contributed by atoms with Crippen LogP contribution in [0.25, 0.3) is 22.3 Å². The third-order valence-electron chi connectivity index (χ3n) is 4.65. The summed E-state index contributed by atoms with van der Waals surface area (Å²) in [6, 6.07) is 8.41. The summed E-state index contributed by atoms with van der Waals surface area (Å²) >= 11 is 1.66. The van der Waals surface area contributed by atoms with E-state index in [4.69, 9.17) is 0 Å². The summed E-state index contributed by atoms with van der Waals surface area (Å²) in [7, 11) is 0. The predicted molar refractivity (Wildman–Crippen MR) is 118 cm³/mol. The number of aryl methyl sites for hydroxylation is 1. The van der Waals surface area contributed by atoms with Crippen molar-refractivity contribution in [1.82, 2.24) is 24.7 Å². The van der Waals surface area contributed by atoms with Crippen LogP contribution >= 0.6 is 11.3 Å². The fourth-order valence-corrected chi connectivity index (χ4v) is 3.78. The third-order valence-corrected chi connectivity index (χ3v) is 5.42. The van der Waals surface area contributed by atoms with E-state index in [1.807, 2.05) is 27.7 Å². The van der Waals surface area contributed by atoms with Gasteiger partial charge in [0.1, 0.15) is 5.39 Å². The smallest absolute Gasteiger partial charge is 0.263 e. The minimum Gasteiger partial charge on any atom is -0.355 e. The van der Waals surface area contributed by atoms with Gasteiger partial charge >= 0.3 is 0 Å². The molecule has 0 fully saturated rings. The minimum atomic E-state index is -0.253. The lowest BCUT2D eigenvalue weighted by atomic mass is 10.1. The summed E-state index contributed by atoms with van der Waals surface area (Å²) in [5.74, 6) is 0.461. The molecule has 0 unspecified atom stereocenters. The van der Waals surface area contributed by atoms with Crippen molar-refractivity contribution in [2.75, 3.05) is 11.9 Å². The molecule has 0 aliphatic rings. The van der Waals surface area contributed by atoms with E-state index in [-0.39, 0.29) is 11.1 Å². The summed E-state index contributed by atoms with van der Waals surface area (Å²) in [6.45, 7) is 8.77. The molecule has 0 aliphatic heterocycles. The molecule has 3 aromatic heterocycles. The average molecular weight is 409 g/mol. The number of fused-ring (bicyclic) bond motifs is 1. The number of hydrogen-bond donors (Lipinski definition) is 2. The molecule has 0 saturated carbocycles. The first-order chi connectivity index (χ1) is 13.8. The molecule has 0 atom stereocenters. The SMILES string of the molecule is Cc1nc(-c2ccc(CCNc3nc4c(cnn4C(C)(C)C)c(=O)[nH]3)cc2)cs1. The number of anilines is 1. The van der Waals surface area contributed by atoms with Crippen molar-refractivity contribution in [1.29, 1.82) is 0 Å². The van der Waals surface area contributed by atoms with Gasteiger partial charge in [0.05, 0.1) is 22.4 Å². The molecular weight excluding hydrogens is 384 g/mol. The zero-order valence-electron chi connectivity index (χ0n) is 17.0. The first kappa shape index (κ1) is 19.3. The van der Waals surface area contributed by atoms with Gasteiger partial charge in [-0.3, -0.25) is 9.78 Å². The van der Waals surface area contributed by atoms with Gasteiger partial charge in [0, 0.05) is 17.5 Å². The number of H-pyrrole nitrogens is 1. The second kappa shape index (κ2) is 7.44. The normalized spacial score (nSPS) is 11.9. The standard InChI is InChI=1S/C21H24N6OS/c1-13-24-17(12-29-13)15-7-5-14(6-8-15)9-10-22-20-25-18-16(19(28)26-20)11-23-27(18)21(2,3)4/h5-8,11-12H,9-10H2,1-4H3,(H2,22,25,26,28). The molecule has 29 heavy (non-hydrogen) atoms. The van der Waals surface area contributed by atoms with Gasteiger partial charge in [-0.1, -0.05) is 24.3 Å². The van der Waals surface area contributed by atoms with E-state index in [2.05, 4.69) is 55.0 Å². The van der Waals surface area contributed by atoms with Gasteiger partial charge in [0.25, 0.3) is 5.56 Å². The van der Waals surface area contributed by atoms with Gasteiger partial charge < -0.3 is 5.32 Å². The Morgan fingerprint density at radius 2 is 1.93 bits per heavy atom. The maximum atomic E-state index is 12.4. The number of rotatable bonds is 5.